The molecular weight excluding hydrogens is 282 g/mol. The largest absolute Gasteiger partial charge is 0.496 e. The number of non-ortho nitro benzene ring substituents is 1. The number of nitrogens with one attached hydrogen (secondary N) is 1. The van der Waals surface area contributed by atoms with Crippen LogP contribution in [0, 0.1) is 21.7 Å². The maximum Gasteiger partial charge on any atom is 0.273 e. The van der Waals surface area contributed by atoms with Crippen molar-refractivity contribution in [2.45, 2.75) is 6.54 Å². The molecule has 0 amide bonds. The highest BCUT2D eigenvalue weighted by Gasteiger charge is 2.11. The van der Waals surface area contributed by atoms with Gasteiger partial charge in [0.2, 0.25) is 0 Å². The van der Waals surface area contributed by atoms with Gasteiger partial charge in [-0.05, 0) is 23.8 Å². The third-order valence-electron chi connectivity index (χ3n) is 2.83. The summed E-state index contributed by atoms with van der Waals surface area (Å²) in [5.41, 5.74) is 0.371. The number of rotatable bonds is 5. The van der Waals surface area contributed by atoms with Crippen molar-refractivity contribution in [3.05, 3.63) is 63.7 Å². The molecular formula is C14H12F2N2O3. The number of methoxy groups -OCH3 is 1. The number of benzene rings is 2. The molecule has 2 aromatic carbocycles. The smallest absolute Gasteiger partial charge is 0.273 e. The molecule has 0 aromatic heterocycles. The van der Waals surface area contributed by atoms with E-state index in [1.165, 1.54) is 31.4 Å². The van der Waals surface area contributed by atoms with E-state index in [-0.39, 0.29) is 17.9 Å². The van der Waals surface area contributed by atoms with Gasteiger partial charge in [-0.25, -0.2) is 8.78 Å². The van der Waals surface area contributed by atoms with Crippen LogP contribution in [0.2, 0.25) is 0 Å². The van der Waals surface area contributed by atoms with E-state index >= 15 is 0 Å². The van der Waals surface area contributed by atoms with Crippen molar-refractivity contribution in [3.63, 3.8) is 0 Å². The lowest BCUT2D eigenvalue weighted by atomic mass is 10.2. The summed E-state index contributed by atoms with van der Waals surface area (Å²) in [5, 5.41) is 13.5. The molecule has 21 heavy (non-hydrogen) atoms. The molecule has 0 radical (unpaired) electrons. The Kier molecular flexibility index (Phi) is 4.32. The van der Waals surface area contributed by atoms with Crippen LogP contribution in [-0.4, -0.2) is 12.0 Å². The maximum absolute atomic E-state index is 13.5. The Morgan fingerprint density at radius 2 is 2.05 bits per heavy atom. The molecule has 1 N–H and O–H groups in total. The van der Waals surface area contributed by atoms with Crippen molar-refractivity contribution in [2.24, 2.45) is 0 Å². The minimum absolute atomic E-state index is 0.0135. The zero-order valence-electron chi connectivity index (χ0n) is 11.1. The topological polar surface area (TPSA) is 64.4 Å². The molecule has 0 heterocycles. The molecule has 0 saturated heterocycles. The van der Waals surface area contributed by atoms with Gasteiger partial charge in [0.05, 0.1) is 23.8 Å². The standard InChI is InChI=1S/C14H12F2N2O3/c1-21-11-6-9(5-10(7-11)18(19)20)8-17-13-4-2-3-12(15)14(13)16/h2-7,17H,8H2,1H3. The van der Waals surface area contributed by atoms with E-state index in [2.05, 4.69) is 5.32 Å². The van der Waals surface area contributed by atoms with E-state index in [4.69, 9.17) is 4.74 Å². The molecule has 0 atom stereocenters. The predicted molar refractivity (Wildman–Crippen MR) is 73.3 cm³/mol. The Morgan fingerprint density at radius 1 is 1.29 bits per heavy atom. The Bertz CT molecular complexity index is 677. The first-order valence-electron chi connectivity index (χ1n) is 6.01. The Balaban J connectivity index is 2.21. The number of halogens is 2. The molecule has 2 aromatic rings. The fourth-order valence-electron chi connectivity index (χ4n) is 1.81. The minimum atomic E-state index is -0.991. The molecule has 7 heteroatoms. The second-order valence-electron chi connectivity index (χ2n) is 4.25. The number of hydrogen-bond donors (Lipinski definition) is 1. The average molecular weight is 294 g/mol. The third kappa shape index (κ3) is 3.44. The summed E-state index contributed by atoms with van der Waals surface area (Å²) in [6.45, 7) is 0.0956. The summed E-state index contributed by atoms with van der Waals surface area (Å²) in [6, 6.07) is 7.97. The number of nitro groups is 1. The fourth-order valence-corrected chi connectivity index (χ4v) is 1.81. The van der Waals surface area contributed by atoms with Gasteiger partial charge < -0.3 is 10.1 Å². The minimum Gasteiger partial charge on any atom is -0.496 e. The third-order valence-corrected chi connectivity index (χ3v) is 2.83. The van der Waals surface area contributed by atoms with Gasteiger partial charge in [-0.1, -0.05) is 6.07 Å². The zero-order valence-corrected chi connectivity index (χ0v) is 11.1. The number of nitro benzene ring substituents is 1. The van der Waals surface area contributed by atoms with Gasteiger partial charge >= 0.3 is 0 Å². The van der Waals surface area contributed by atoms with Gasteiger partial charge in [0.25, 0.3) is 5.69 Å². The molecule has 2 rings (SSSR count). The monoisotopic (exact) mass is 294 g/mol. The molecule has 0 aliphatic rings. The molecule has 0 aliphatic carbocycles. The van der Waals surface area contributed by atoms with Crippen molar-refractivity contribution in [2.75, 3.05) is 12.4 Å². The van der Waals surface area contributed by atoms with Crippen molar-refractivity contribution < 1.29 is 18.4 Å². The van der Waals surface area contributed by atoms with Crippen molar-refractivity contribution in [3.8, 4) is 5.75 Å². The van der Waals surface area contributed by atoms with Crippen LogP contribution in [0.1, 0.15) is 5.56 Å². The van der Waals surface area contributed by atoms with Gasteiger partial charge in [-0.2, -0.15) is 0 Å². The molecule has 110 valence electrons. The van der Waals surface area contributed by atoms with Crippen molar-refractivity contribution in [1.29, 1.82) is 0 Å². The lowest BCUT2D eigenvalue weighted by molar-refractivity contribution is -0.385. The van der Waals surface area contributed by atoms with Crippen molar-refractivity contribution in [1.82, 2.24) is 0 Å². The van der Waals surface area contributed by atoms with Crippen LogP contribution in [0.5, 0.6) is 5.75 Å². The predicted octanol–water partition coefficient (Wildman–Crippen LogP) is 3.49. The van der Waals surface area contributed by atoms with E-state index in [0.29, 0.717) is 11.3 Å². The zero-order chi connectivity index (χ0) is 15.4. The van der Waals surface area contributed by atoms with Crippen LogP contribution >= 0.6 is 0 Å². The number of ether oxygens (including phenoxy) is 1. The second kappa shape index (κ2) is 6.17. The molecule has 0 unspecified atom stereocenters. The van der Waals surface area contributed by atoms with E-state index in [0.717, 1.165) is 6.07 Å². The van der Waals surface area contributed by atoms with E-state index < -0.39 is 16.6 Å². The highest BCUT2D eigenvalue weighted by Crippen LogP contribution is 2.24. The van der Waals surface area contributed by atoms with Crippen LogP contribution < -0.4 is 10.1 Å². The van der Waals surface area contributed by atoms with Gasteiger partial charge in [0.15, 0.2) is 11.6 Å². The Labute approximate surface area is 119 Å². The summed E-state index contributed by atoms with van der Waals surface area (Å²) in [7, 11) is 1.39. The van der Waals surface area contributed by atoms with Gasteiger partial charge in [0, 0.05) is 12.6 Å². The van der Waals surface area contributed by atoms with Gasteiger partial charge in [0.1, 0.15) is 5.75 Å². The fraction of sp³-hybridized carbons (Fsp3) is 0.143. The quantitative estimate of drug-likeness (QED) is 0.677. The highest BCUT2D eigenvalue weighted by molar-refractivity contribution is 5.48. The van der Waals surface area contributed by atoms with Crippen LogP contribution in [-0.2, 0) is 6.54 Å². The molecule has 0 saturated carbocycles. The summed E-state index contributed by atoms with van der Waals surface area (Å²) in [4.78, 5) is 10.3. The second-order valence-corrected chi connectivity index (χ2v) is 4.25. The molecule has 0 fully saturated rings. The van der Waals surface area contributed by atoms with Gasteiger partial charge in [-0.3, -0.25) is 10.1 Å². The van der Waals surface area contributed by atoms with Crippen LogP contribution in [0.25, 0.3) is 0 Å². The first-order valence-corrected chi connectivity index (χ1v) is 6.01. The molecule has 0 aliphatic heterocycles. The van der Waals surface area contributed by atoms with Crippen LogP contribution in [0.15, 0.2) is 36.4 Å². The number of anilines is 1. The number of nitrogens with zero attached hydrogens (tertiary/aromatic N) is 1. The number of hydrogen-bond acceptors (Lipinski definition) is 4. The normalized spacial score (nSPS) is 10.2. The Hall–Kier alpha value is -2.70. The molecule has 0 bridgehead atoms. The van der Waals surface area contributed by atoms with E-state index in [1.54, 1.807) is 6.07 Å². The van der Waals surface area contributed by atoms with E-state index in [9.17, 15) is 18.9 Å². The lowest BCUT2D eigenvalue weighted by Crippen LogP contribution is -2.03. The first kappa shape index (κ1) is 14.7. The summed E-state index contributed by atoms with van der Waals surface area (Å²) in [6.07, 6.45) is 0. The van der Waals surface area contributed by atoms with Crippen molar-refractivity contribution >= 4 is 11.4 Å². The SMILES string of the molecule is COc1cc(CNc2cccc(F)c2F)cc([N+](=O)[O-])c1. The summed E-state index contributed by atoms with van der Waals surface area (Å²) in [5.74, 6) is -1.63. The van der Waals surface area contributed by atoms with E-state index in [1.807, 2.05) is 0 Å². The summed E-state index contributed by atoms with van der Waals surface area (Å²) < 4.78 is 31.5. The highest BCUT2D eigenvalue weighted by atomic mass is 19.2. The maximum atomic E-state index is 13.5. The molecule has 5 nitrogen and oxygen atoms in total. The van der Waals surface area contributed by atoms with Gasteiger partial charge in [-0.15, -0.1) is 0 Å². The molecule has 0 spiro atoms. The lowest BCUT2D eigenvalue weighted by Gasteiger charge is -2.09. The Morgan fingerprint density at radius 3 is 2.71 bits per heavy atom. The average Bonchev–Trinajstić information content (AvgIpc) is 2.48. The van der Waals surface area contributed by atoms with Crippen LogP contribution in [0.4, 0.5) is 20.2 Å². The summed E-state index contributed by atoms with van der Waals surface area (Å²) >= 11 is 0. The first-order chi connectivity index (χ1) is 10.0. The van der Waals surface area contributed by atoms with Crippen LogP contribution in [0.3, 0.4) is 0 Å².